The molecule has 2 saturated heterocycles. The molecule has 4 rings (SSSR count). The highest BCUT2D eigenvalue weighted by molar-refractivity contribution is 7.80. The van der Waals surface area contributed by atoms with E-state index in [1.807, 2.05) is 12.1 Å². The van der Waals surface area contributed by atoms with Gasteiger partial charge in [0.1, 0.15) is 5.69 Å². The molecule has 1 aromatic heterocycles. The zero-order valence-electron chi connectivity index (χ0n) is 17.0. The van der Waals surface area contributed by atoms with Crippen molar-refractivity contribution in [2.75, 3.05) is 18.4 Å². The van der Waals surface area contributed by atoms with Crippen molar-refractivity contribution in [2.24, 2.45) is 5.73 Å². The van der Waals surface area contributed by atoms with Gasteiger partial charge in [-0.3, -0.25) is 9.35 Å². The topological polar surface area (TPSA) is 173 Å². The molecule has 32 heavy (non-hydrogen) atoms. The number of hydrogen-bond donors (Lipinski definition) is 3. The number of fused-ring (bicyclic) bond motifs is 2. The maximum Gasteiger partial charge on any atom is 0.418 e. The number of hydrogen-bond acceptors (Lipinski definition) is 8. The van der Waals surface area contributed by atoms with Crippen LogP contribution in [0.25, 0.3) is 11.3 Å². The van der Waals surface area contributed by atoms with Gasteiger partial charge in [-0.1, -0.05) is 17.3 Å². The quantitative estimate of drug-likeness (QED) is 0.461. The Balaban J connectivity index is 1.40. The van der Waals surface area contributed by atoms with E-state index in [1.165, 1.54) is 4.90 Å². The maximum absolute atomic E-state index is 12.5. The first-order valence-electron chi connectivity index (χ1n) is 10.0. The first-order chi connectivity index (χ1) is 15.2. The van der Waals surface area contributed by atoms with Crippen LogP contribution < -0.4 is 11.1 Å². The predicted molar refractivity (Wildman–Crippen MR) is 111 cm³/mol. The highest BCUT2D eigenvalue weighted by Gasteiger charge is 2.47. The molecule has 4 N–H and O–H groups in total. The number of rotatable bonds is 8. The van der Waals surface area contributed by atoms with Crippen molar-refractivity contribution < 1.29 is 26.8 Å². The molecule has 1 aromatic carbocycles. The van der Waals surface area contributed by atoms with Gasteiger partial charge >= 0.3 is 16.4 Å². The number of carbonyl (C=O) groups excluding carboxylic acids is 2. The fourth-order valence-electron chi connectivity index (χ4n) is 3.92. The summed E-state index contributed by atoms with van der Waals surface area (Å²) in [5, 5.41) is 11.8. The van der Waals surface area contributed by atoms with Crippen LogP contribution in [0.15, 0.2) is 30.5 Å². The van der Waals surface area contributed by atoms with Crippen LogP contribution >= 0.6 is 0 Å². The molecule has 3 amide bonds. The zero-order valence-corrected chi connectivity index (χ0v) is 17.8. The molecule has 0 unspecified atom stereocenters. The lowest BCUT2D eigenvalue weighted by Crippen LogP contribution is -2.42. The van der Waals surface area contributed by atoms with Gasteiger partial charge in [0.05, 0.1) is 24.8 Å². The molecule has 0 aliphatic carbocycles. The normalized spacial score (nSPS) is 20.6. The number of aromatic nitrogens is 3. The van der Waals surface area contributed by atoms with Crippen LogP contribution in [0.3, 0.4) is 0 Å². The van der Waals surface area contributed by atoms with Gasteiger partial charge in [0, 0.05) is 30.8 Å². The average molecular weight is 465 g/mol. The third-order valence-electron chi connectivity index (χ3n) is 5.39. The van der Waals surface area contributed by atoms with Gasteiger partial charge in [-0.25, -0.2) is 9.48 Å². The fourth-order valence-corrected chi connectivity index (χ4v) is 4.30. The molecule has 2 bridgehead atoms. The van der Waals surface area contributed by atoms with Crippen LogP contribution in [-0.4, -0.2) is 75.0 Å². The number of nitrogens with one attached hydrogen (secondary N) is 1. The Morgan fingerprint density at radius 3 is 2.72 bits per heavy atom. The van der Waals surface area contributed by atoms with Gasteiger partial charge < -0.3 is 16.0 Å². The second-order valence-electron chi connectivity index (χ2n) is 7.64. The van der Waals surface area contributed by atoms with Gasteiger partial charge in [0.25, 0.3) is 0 Å². The Morgan fingerprint density at radius 2 is 2.03 bits per heavy atom. The zero-order chi connectivity index (χ0) is 22.9. The first kappa shape index (κ1) is 22.1. The highest BCUT2D eigenvalue weighted by Crippen LogP contribution is 2.31. The van der Waals surface area contributed by atoms with Crippen molar-refractivity contribution in [1.29, 1.82) is 0 Å². The molecule has 2 fully saturated rings. The SMILES string of the molecule is NCCC(=O)Nc1ccc(-c2cn(C[C@@H]3CC[C@@H]4CN3C(=O)N4OS(=O)(=O)O)nn2)cc1. The van der Waals surface area contributed by atoms with E-state index < -0.39 is 22.5 Å². The second-order valence-corrected chi connectivity index (χ2v) is 8.64. The van der Waals surface area contributed by atoms with E-state index in [-0.39, 0.29) is 24.9 Å². The lowest BCUT2D eigenvalue weighted by Gasteiger charge is -2.29. The summed E-state index contributed by atoms with van der Waals surface area (Å²) in [5.41, 5.74) is 7.46. The summed E-state index contributed by atoms with van der Waals surface area (Å²) in [6.07, 6.45) is 3.15. The minimum atomic E-state index is -4.77. The summed E-state index contributed by atoms with van der Waals surface area (Å²) < 4.78 is 37.0. The van der Waals surface area contributed by atoms with E-state index in [2.05, 4.69) is 19.9 Å². The number of nitrogens with zero attached hydrogens (tertiary/aromatic N) is 5. The van der Waals surface area contributed by atoms with E-state index >= 15 is 0 Å². The second kappa shape index (κ2) is 8.82. The van der Waals surface area contributed by atoms with Crippen molar-refractivity contribution in [1.82, 2.24) is 25.0 Å². The summed E-state index contributed by atoms with van der Waals surface area (Å²) in [4.78, 5) is 25.7. The van der Waals surface area contributed by atoms with Crippen LogP contribution in [0.5, 0.6) is 0 Å². The van der Waals surface area contributed by atoms with E-state index in [4.69, 9.17) is 10.3 Å². The summed E-state index contributed by atoms with van der Waals surface area (Å²) in [6.45, 7) is 0.958. The number of amides is 3. The number of piperidine rings is 1. The van der Waals surface area contributed by atoms with Crippen LogP contribution in [0, 0.1) is 0 Å². The standard InChI is InChI=1S/C18H23N7O6S/c19-8-7-17(26)20-13-3-1-12(2-4-13)16-11-23(22-21-16)9-14-5-6-15-10-24(14)18(27)25(15)31-32(28,29)30/h1-4,11,14-15H,5-10,19H2,(H,20,26)(H,28,29,30)/t14-,15+/m0/s1. The molecule has 2 aliphatic rings. The van der Waals surface area contributed by atoms with Crippen LogP contribution in [0.2, 0.25) is 0 Å². The number of carbonyl (C=O) groups is 2. The summed E-state index contributed by atoms with van der Waals surface area (Å²) in [6, 6.07) is 5.88. The monoisotopic (exact) mass is 465 g/mol. The fraction of sp³-hybridized carbons (Fsp3) is 0.444. The predicted octanol–water partition coefficient (Wildman–Crippen LogP) is 0.235. The van der Waals surface area contributed by atoms with Crippen molar-refractivity contribution in [3.63, 3.8) is 0 Å². The van der Waals surface area contributed by atoms with Crippen LogP contribution in [0.4, 0.5) is 10.5 Å². The van der Waals surface area contributed by atoms with Gasteiger partial charge in [0.2, 0.25) is 5.91 Å². The molecule has 2 atom stereocenters. The number of urea groups is 1. The third kappa shape index (κ3) is 4.88. The number of nitrogens with two attached hydrogens (primary N) is 1. The smallest absolute Gasteiger partial charge is 0.330 e. The third-order valence-corrected chi connectivity index (χ3v) is 5.74. The average Bonchev–Trinajstić information content (AvgIpc) is 3.29. The lowest BCUT2D eigenvalue weighted by atomic mass is 10.0. The molecule has 0 spiro atoms. The number of hydroxylamine groups is 2. The Kier molecular flexibility index (Phi) is 6.10. The van der Waals surface area contributed by atoms with Gasteiger partial charge in [-0.15, -0.1) is 9.38 Å². The summed E-state index contributed by atoms with van der Waals surface area (Å²) >= 11 is 0. The van der Waals surface area contributed by atoms with Crippen molar-refractivity contribution in [2.45, 2.75) is 37.9 Å². The molecule has 172 valence electrons. The molecule has 2 aliphatic heterocycles. The number of benzene rings is 1. The van der Waals surface area contributed by atoms with Crippen LogP contribution in [0.1, 0.15) is 19.3 Å². The lowest BCUT2D eigenvalue weighted by molar-refractivity contribution is -0.116. The molecule has 13 nitrogen and oxygen atoms in total. The number of anilines is 1. The Hall–Kier alpha value is -3.07. The molecule has 0 radical (unpaired) electrons. The van der Waals surface area contributed by atoms with Gasteiger partial charge in [-0.05, 0) is 25.0 Å². The van der Waals surface area contributed by atoms with E-state index in [1.54, 1.807) is 23.0 Å². The molecule has 14 heteroatoms. The Bertz CT molecular complexity index is 1100. The van der Waals surface area contributed by atoms with E-state index in [9.17, 15) is 18.0 Å². The highest BCUT2D eigenvalue weighted by atomic mass is 32.3. The van der Waals surface area contributed by atoms with Gasteiger partial charge in [0.15, 0.2) is 0 Å². The maximum atomic E-state index is 12.5. The van der Waals surface area contributed by atoms with Crippen molar-refractivity contribution in [3.05, 3.63) is 30.5 Å². The minimum Gasteiger partial charge on any atom is -0.330 e. The Labute approximate surface area is 184 Å². The Morgan fingerprint density at radius 1 is 1.28 bits per heavy atom. The van der Waals surface area contributed by atoms with Gasteiger partial charge in [-0.2, -0.15) is 13.5 Å². The van der Waals surface area contributed by atoms with Crippen molar-refractivity contribution >= 4 is 28.0 Å². The molecular formula is C18H23N7O6S. The molecule has 0 saturated carbocycles. The van der Waals surface area contributed by atoms with Crippen molar-refractivity contribution in [3.8, 4) is 11.3 Å². The van der Waals surface area contributed by atoms with E-state index in [0.29, 0.717) is 37.3 Å². The minimum absolute atomic E-state index is 0.155. The molecule has 3 heterocycles. The van der Waals surface area contributed by atoms with E-state index in [0.717, 1.165) is 10.6 Å². The first-order valence-corrected chi connectivity index (χ1v) is 11.4. The molecule has 2 aromatic rings. The summed E-state index contributed by atoms with van der Waals surface area (Å²) in [7, 11) is -4.77. The largest absolute Gasteiger partial charge is 0.418 e. The molecular weight excluding hydrogens is 442 g/mol. The summed E-state index contributed by atoms with van der Waals surface area (Å²) in [5.74, 6) is -0.155. The van der Waals surface area contributed by atoms with Crippen LogP contribution in [-0.2, 0) is 26.0 Å².